The maximum absolute atomic E-state index is 13.2. The minimum Gasteiger partial charge on any atom is -0.466 e. The van der Waals surface area contributed by atoms with Crippen LogP contribution in [0.15, 0.2) is 71.8 Å². The van der Waals surface area contributed by atoms with E-state index in [1.54, 1.807) is 44.0 Å². The van der Waals surface area contributed by atoms with Crippen molar-refractivity contribution in [1.29, 1.82) is 0 Å². The molecular formula is C35H45N5O8S. The van der Waals surface area contributed by atoms with Gasteiger partial charge in [0.05, 0.1) is 36.1 Å². The van der Waals surface area contributed by atoms with Crippen molar-refractivity contribution in [2.45, 2.75) is 57.8 Å². The molecule has 0 saturated carbocycles. The van der Waals surface area contributed by atoms with Crippen LogP contribution in [0.2, 0.25) is 0 Å². The van der Waals surface area contributed by atoms with Crippen LogP contribution in [0.4, 0.5) is 10.6 Å². The Morgan fingerprint density at radius 3 is 2.37 bits per heavy atom. The van der Waals surface area contributed by atoms with Gasteiger partial charge < -0.3 is 29.7 Å². The molecule has 1 unspecified atom stereocenters. The number of hydrogen-bond donors (Lipinski definition) is 3. The molecular weight excluding hydrogens is 650 g/mol. The van der Waals surface area contributed by atoms with Gasteiger partial charge in [-0.25, -0.2) is 22.9 Å². The Morgan fingerprint density at radius 2 is 1.69 bits per heavy atom. The zero-order valence-corrected chi connectivity index (χ0v) is 29.1. The van der Waals surface area contributed by atoms with Crippen LogP contribution >= 0.6 is 0 Å². The van der Waals surface area contributed by atoms with Gasteiger partial charge in [0.15, 0.2) is 0 Å². The van der Waals surface area contributed by atoms with Gasteiger partial charge in [-0.05, 0) is 62.9 Å². The fourth-order valence-electron chi connectivity index (χ4n) is 5.76. The van der Waals surface area contributed by atoms with Crippen molar-refractivity contribution in [3.63, 3.8) is 0 Å². The first-order valence-electron chi connectivity index (χ1n) is 16.2. The fourth-order valence-corrected chi connectivity index (χ4v) is 7.29. The van der Waals surface area contributed by atoms with Crippen LogP contribution in [-0.4, -0.2) is 87.8 Å². The van der Waals surface area contributed by atoms with Gasteiger partial charge in [0.1, 0.15) is 19.0 Å². The van der Waals surface area contributed by atoms with Crippen LogP contribution in [0, 0.1) is 26.7 Å². The minimum absolute atomic E-state index is 0.0949. The molecule has 1 aliphatic heterocycles. The fraction of sp³-hybridized carbons (Fsp3) is 0.429. The first-order chi connectivity index (χ1) is 23.5. The van der Waals surface area contributed by atoms with Crippen molar-refractivity contribution in [3.8, 4) is 0 Å². The topological polar surface area (TPSA) is 165 Å². The second-order valence-electron chi connectivity index (χ2n) is 11.9. The summed E-state index contributed by atoms with van der Waals surface area (Å²) in [6.45, 7) is 7.00. The monoisotopic (exact) mass is 695 g/mol. The van der Waals surface area contributed by atoms with Crippen LogP contribution in [0.25, 0.3) is 0 Å². The lowest BCUT2D eigenvalue weighted by molar-refractivity contribution is -0.147. The number of amides is 2. The van der Waals surface area contributed by atoms with Gasteiger partial charge in [0.25, 0.3) is 0 Å². The summed E-state index contributed by atoms with van der Waals surface area (Å²) in [5.74, 6) is -1.47. The van der Waals surface area contributed by atoms with Crippen LogP contribution in [0.5, 0.6) is 0 Å². The number of rotatable bonds is 16. The first-order valence-corrected chi connectivity index (χ1v) is 17.7. The highest BCUT2D eigenvalue weighted by Crippen LogP contribution is 2.23. The summed E-state index contributed by atoms with van der Waals surface area (Å²) in [6, 6.07) is 18.1. The average molecular weight is 696 g/mol. The van der Waals surface area contributed by atoms with E-state index in [1.807, 2.05) is 55.5 Å². The number of anilines is 1. The molecule has 4 rings (SSSR count). The number of nitrogens with one attached hydrogen (secondary N) is 3. The summed E-state index contributed by atoms with van der Waals surface area (Å²) in [5, 5.41) is 5.89. The van der Waals surface area contributed by atoms with E-state index in [4.69, 9.17) is 14.2 Å². The molecule has 1 saturated heterocycles. The van der Waals surface area contributed by atoms with Gasteiger partial charge in [-0.3, -0.25) is 9.59 Å². The lowest BCUT2D eigenvalue weighted by Crippen LogP contribution is -2.42. The number of benzene rings is 2. The second-order valence-corrected chi connectivity index (χ2v) is 13.6. The van der Waals surface area contributed by atoms with Crippen molar-refractivity contribution in [1.82, 2.24) is 19.9 Å². The van der Waals surface area contributed by atoms with E-state index in [2.05, 4.69) is 20.3 Å². The summed E-state index contributed by atoms with van der Waals surface area (Å²) in [7, 11) is -3.95. The molecule has 1 aromatic heterocycles. The number of pyridine rings is 1. The molecule has 1 aliphatic rings. The van der Waals surface area contributed by atoms with E-state index in [9.17, 15) is 22.8 Å². The predicted octanol–water partition coefficient (Wildman–Crippen LogP) is 3.49. The molecule has 49 heavy (non-hydrogen) atoms. The van der Waals surface area contributed by atoms with Gasteiger partial charge in [0, 0.05) is 25.8 Å². The number of aromatic nitrogens is 1. The summed E-state index contributed by atoms with van der Waals surface area (Å²) < 4.78 is 45.5. The van der Waals surface area contributed by atoms with E-state index >= 15 is 0 Å². The number of ether oxygens (including phenoxy) is 3. The predicted molar refractivity (Wildman–Crippen MR) is 183 cm³/mol. The molecule has 13 nitrogen and oxygen atoms in total. The third-order valence-corrected chi connectivity index (χ3v) is 9.74. The van der Waals surface area contributed by atoms with E-state index < -0.39 is 40.0 Å². The van der Waals surface area contributed by atoms with Gasteiger partial charge in [0.2, 0.25) is 15.9 Å². The highest BCUT2D eigenvalue weighted by Gasteiger charge is 2.37. The van der Waals surface area contributed by atoms with Crippen molar-refractivity contribution >= 4 is 33.8 Å². The normalized spacial score (nSPS) is 16.5. The van der Waals surface area contributed by atoms with E-state index in [0.29, 0.717) is 29.9 Å². The van der Waals surface area contributed by atoms with Crippen LogP contribution < -0.4 is 15.4 Å². The Bertz CT molecular complexity index is 1650. The number of sulfonamides is 1. The molecule has 0 radical (unpaired) electrons. The zero-order chi connectivity index (χ0) is 35.4. The third kappa shape index (κ3) is 11.0. The largest absolute Gasteiger partial charge is 0.466 e. The molecule has 3 atom stereocenters. The van der Waals surface area contributed by atoms with Gasteiger partial charge >= 0.3 is 12.1 Å². The molecule has 14 heteroatoms. The average Bonchev–Trinajstić information content (AvgIpc) is 3.49. The maximum atomic E-state index is 13.2. The van der Waals surface area contributed by atoms with Crippen LogP contribution in [0.1, 0.15) is 35.6 Å². The minimum atomic E-state index is -3.95. The Hall–Kier alpha value is -4.53. The molecule has 0 aliphatic carbocycles. The number of hydrogen-bond acceptors (Lipinski definition) is 10. The van der Waals surface area contributed by atoms with Crippen molar-refractivity contribution in [2.75, 3.05) is 44.7 Å². The summed E-state index contributed by atoms with van der Waals surface area (Å²) in [4.78, 5) is 44.7. The zero-order valence-electron chi connectivity index (χ0n) is 28.3. The molecule has 0 bridgehead atoms. The second kappa shape index (κ2) is 17.7. The number of likely N-dealkylation sites (tertiary alicyclic amines) is 1. The van der Waals surface area contributed by atoms with E-state index in [-0.39, 0.29) is 50.4 Å². The summed E-state index contributed by atoms with van der Waals surface area (Å²) in [6.07, 6.45) is 1.15. The molecule has 2 heterocycles. The summed E-state index contributed by atoms with van der Waals surface area (Å²) in [5.41, 5.74) is 2.98. The molecule has 1 fully saturated rings. The quantitative estimate of drug-likeness (QED) is 0.189. The Balaban J connectivity index is 1.32. The number of esters is 1. The number of nitrogens with zero attached hydrogens (tertiary/aromatic N) is 2. The van der Waals surface area contributed by atoms with Gasteiger partial charge in [-0.2, -0.15) is 0 Å². The van der Waals surface area contributed by atoms with Crippen molar-refractivity contribution in [2.24, 2.45) is 5.92 Å². The number of carbonyl (C=O) groups excluding carboxylic acids is 3. The van der Waals surface area contributed by atoms with Crippen LogP contribution in [-0.2, 0) is 40.4 Å². The Labute approximate surface area is 287 Å². The van der Waals surface area contributed by atoms with Crippen LogP contribution in [0.3, 0.4) is 0 Å². The molecule has 3 aromatic rings. The number of aryl methyl sites for hydroxylation is 3. The van der Waals surface area contributed by atoms with Gasteiger partial charge in [-0.1, -0.05) is 54.1 Å². The Kier molecular flexibility index (Phi) is 13.5. The van der Waals surface area contributed by atoms with Crippen molar-refractivity contribution in [3.05, 3.63) is 89.1 Å². The smallest absolute Gasteiger partial charge is 0.410 e. The standard InChI is InChI=1S/C35H45N5O8S/c1-5-46-34(42)28(19-39-49(44,45)33-25(3)15-24(2)16-26(33)4)18-38-32(41)23-47-30-17-29(20-37-31-13-9-10-14-36-31)40(21-30)35(43)48-22-27-11-7-6-8-12-27/h6-16,28-30,39H,5,17-23H2,1-4H3,(H,36,37)(H,38,41)/t28?,29-,30+/m0/s1. The number of carbonyl (C=O) groups is 3. The maximum Gasteiger partial charge on any atom is 0.410 e. The third-order valence-electron chi connectivity index (χ3n) is 8.01. The SMILES string of the molecule is CCOC(=O)C(CNC(=O)CO[C@@H]1C[C@@H](CNc2ccccn2)N(C(=O)OCc2ccccc2)C1)CNS(=O)(=O)c1c(C)cc(C)cc1C. The first kappa shape index (κ1) is 37.3. The van der Waals surface area contributed by atoms with Crippen molar-refractivity contribution < 1.29 is 37.0 Å². The van der Waals surface area contributed by atoms with Gasteiger partial charge in [-0.15, -0.1) is 0 Å². The molecule has 264 valence electrons. The van der Waals surface area contributed by atoms with E-state index in [1.165, 1.54) is 0 Å². The highest BCUT2D eigenvalue weighted by molar-refractivity contribution is 7.89. The molecule has 0 spiro atoms. The highest BCUT2D eigenvalue weighted by atomic mass is 32.2. The molecule has 2 aromatic carbocycles. The summed E-state index contributed by atoms with van der Waals surface area (Å²) >= 11 is 0. The molecule has 3 N–H and O–H groups in total. The lowest BCUT2D eigenvalue weighted by atomic mass is 10.1. The van der Waals surface area contributed by atoms with E-state index in [0.717, 1.165) is 11.1 Å². The lowest BCUT2D eigenvalue weighted by Gasteiger charge is -2.24. The Morgan fingerprint density at radius 1 is 0.980 bits per heavy atom. The molecule has 2 amide bonds.